The molecule has 0 aliphatic carbocycles. The Morgan fingerprint density at radius 1 is 1.04 bits per heavy atom. The summed E-state index contributed by atoms with van der Waals surface area (Å²) >= 11 is 3.45. The van der Waals surface area contributed by atoms with Crippen molar-refractivity contribution in [3.63, 3.8) is 0 Å². The van der Waals surface area contributed by atoms with Gasteiger partial charge in [0.1, 0.15) is 11.3 Å². The van der Waals surface area contributed by atoms with Crippen LogP contribution in [0, 0.1) is 0 Å². The quantitative estimate of drug-likeness (QED) is 0.613. The number of hydrogen-bond donors (Lipinski definition) is 0. The van der Waals surface area contributed by atoms with E-state index in [-0.39, 0.29) is 5.91 Å². The number of fused-ring (bicyclic) bond motifs is 1. The van der Waals surface area contributed by atoms with Gasteiger partial charge in [0.2, 0.25) is 0 Å². The van der Waals surface area contributed by atoms with E-state index in [9.17, 15) is 4.79 Å². The van der Waals surface area contributed by atoms with E-state index in [1.807, 2.05) is 41.3 Å². The number of carbonyl (C=O) groups is 1. The lowest BCUT2D eigenvalue weighted by Crippen LogP contribution is -2.35. The summed E-state index contributed by atoms with van der Waals surface area (Å²) in [6.07, 6.45) is 0.920. The standard InChI is InChI=1S/C21H21BrN2O3/c1-26-18-6-4-17(5-7-18)23-9-2-10-24(12-11-23)21(25)20-14-15-13-16(22)3-8-19(15)27-20/h3-8,13-14H,2,9-12H2,1H3. The van der Waals surface area contributed by atoms with Gasteiger partial charge < -0.3 is 19.0 Å². The Morgan fingerprint density at radius 2 is 1.85 bits per heavy atom. The highest BCUT2D eigenvalue weighted by Gasteiger charge is 2.23. The summed E-state index contributed by atoms with van der Waals surface area (Å²) in [6.45, 7) is 3.12. The van der Waals surface area contributed by atoms with Crippen LogP contribution in [0.4, 0.5) is 5.69 Å². The second-order valence-corrected chi connectivity index (χ2v) is 7.54. The fourth-order valence-corrected chi connectivity index (χ4v) is 3.83. The van der Waals surface area contributed by atoms with Crippen molar-refractivity contribution in [3.8, 4) is 5.75 Å². The summed E-state index contributed by atoms with van der Waals surface area (Å²) in [7, 11) is 1.67. The molecule has 1 aromatic heterocycles. The summed E-state index contributed by atoms with van der Waals surface area (Å²) in [5.74, 6) is 1.21. The molecule has 1 fully saturated rings. The van der Waals surface area contributed by atoms with Gasteiger partial charge in [0.25, 0.3) is 5.91 Å². The molecule has 3 aromatic rings. The first-order valence-corrected chi connectivity index (χ1v) is 9.81. The molecule has 0 bridgehead atoms. The Hall–Kier alpha value is -2.47. The highest BCUT2D eigenvalue weighted by molar-refractivity contribution is 9.10. The third kappa shape index (κ3) is 3.81. The van der Waals surface area contributed by atoms with E-state index >= 15 is 0 Å². The first-order chi connectivity index (χ1) is 13.1. The molecule has 6 heteroatoms. The molecule has 1 saturated heterocycles. The van der Waals surface area contributed by atoms with Crippen molar-refractivity contribution in [1.82, 2.24) is 4.90 Å². The number of furan rings is 1. The average molecular weight is 429 g/mol. The van der Waals surface area contributed by atoms with Gasteiger partial charge in [-0.15, -0.1) is 0 Å². The summed E-state index contributed by atoms with van der Waals surface area (Å²) in [4.78, 5) is 17.1. The minimum absolute atomic E-state index is 0.0427. The van der Waals surface area contributed by atoms with Gasteiger partial charge in [-0.05, 0) is 55.0 Å². The topological polar surface area (TPSA) is 45.9 Å². The molecule has 0 N–H and O–H groups in total. The van der Waals surface area contributed by atoms with Crippen molar-refractivity contribution in [1.29, 1.82) is 0 Å². The molecule has 0 spiro atoms. The molecule has 0 radical (unpaired) electrons. The van der Waals surface area contributed by atoms with Crippen LogP contribution in [-0.4, -0.2) is 44.1 Å². The SMILES string of the molecule is COc1ccc(N2CCCN(C(=O)c3cc4cc(Br)ccc4o3)CC2)cc1. The highest BCUT2D eigenvalue weighted by Crippen LogP contribution is 2.25. The Bertz CT molecular complexity index is 952. The number of halogens is 1. The summed E-state index contributed by atoms with van der Waals surface area (Å²) in [5, 5.41) is 0.933. The van der Waals surface area contributed by atoms with Crippen LogP contribution in [0.15, 0.2) is 57.4 Å². The lowest BCUT2D eigenvalue weighted by molar-refractivity contribution is 0.0737. The van der Waals surface area contributed by atoms with E-state index in [0.717, 1.165) is 52.9 Å². The summed E-state index contributed by atoms with van der Waals surface area (Å²) in [6, 6.07) is 15.6. The van der Waals surface area contributed by atoms with Crippen molar-refractivity contribution < 1.29 is 13.9 Å². The first-order valence-electron chi connectivity index (χ1n) is 9.01. The number of anilines is 1. The van der Waals surface area contributed by atoms with Gasteiger partial charge in [0, 0.05) is 41.7 Å². The highest BCUT2D eigenvalue weighted by atomic mass is 79.9. The summed E-state index contributed by atoms with van der Waals surface area (Å²) in [5.41, 5.74) is 1.88. The first kappa shape index (κ1) is 17.9. The lowest BCUT2D eigenvalue weighted by Gasteiger charge is -2.23. The van der Waals surface area contributed by atoms with Crippen molar-refractivity contribution in [2.24, 2.45) is 0 Å². The smallest absolute Gasteiger partial charge is 0.289 e. The van der Waals surface area contributed by atoms with Crippen LogP contribution in [-0.2, 0) is 0 Å². The molecule has 0 atom stereocenters. The lowest BCUT2D eigenvalue weighted by atomic mass is 10.2. The van der Waals surface area contributed by atoms with Crippen LogP contribution in [0.25, 0.3) is 11.0 Å². The molecule has 0 saturated carbocycles. The molecule has 0 unspecified atom stereocenters. The van der Waals surface area contributed by atoms with E-state index in [0.29, 0.717) is 12.3 Å². The minimum atomic E-state index is -0.0427. The second-order valence-electron chi connectivity index (χ2n) is 6.62. The van der Waals surface area contributed by atoms with Crippen LogP contribution in [0.5, 0.6) is 5.75 Å². The molecule has 27 heavy (non-hydrogen) atoms. The molecule has 140 valence electrons. The van der Waals surface area contributed by atoms with Gasteiger partial charge in [-0.25, -0.2) is 0 Å². The summed E-state index contributed by atoms with van der Waals surface area (Å²) < 4.78 is 12.0. The third-order valence-electron chi connectivity index (χ3n) is 4.91. The van der Waals surface area contributed by atoms with Gasteiger partial charge in [0.05, 0.1) is 7.11 Å². The molecule has 2 aromatic carbocycles. The van der Waals surface area contributed by atoms with E-state index in [1.54, 1.807) is 7.11 Å². The fraction of sp³-hybridized carbons (Fsp3) is 0.286. The molecular weight excluding hydrogens is 408 g/mol. The van der Waals surface area contributed by atoms with Gasteiger partial charge >= 0.3 is 0 Å². The maximum absolute atomic E-state index is 12.9. The van der Waals surface area contributed by atoms with Crippen LogP contribution in [0.2, 0.25) is 0 Å². The van der Waals surface area contributed by atoms with Gasteiger partial charge in [-0.1, -0.05) is 15.9 Å². The number of hydrogen-bond acceptors (Lipinski definition) is 4. The molecule has 1 aliphatic heterocycles. The maximum atomic E-state index is 12.9. The van der Waals surface area contributed by atoms with Crippen LogP contribution >= 0.6 is 15.9 Å². The van der Waals surface area contributed by atoms with Crippen LogP contribution < -0.4 is 9.64 Å². The van der Waals surface area contributed by atoms with Crippen molar-refractivity contribution in [2.45, 2.75) is 6.42 Å². The molecule has 4 rings (SSSR count). The largest absolute Gasteiger partial charge is 0.497 e. The predicted molar refractivity (Wildman–Crippen MR) is 110 cm³/mol. The number of rotatable bonds is 3. The van der Waals surface area contributed by atoms with Crippen molar-refractivity contribution >= 4 is 38.5 Å². The minimum Gasteiger partial charge on any atom is -0.497 e. The number of methoxy groups -OCH3 is 1. The fourth-order valence-electron chi connectivity index (χ4n) is 3.45. The Morgan fingerprint density at radius 3 is 2.63 bits per heavy atom. The maximum Gasteiger partial charge on any atom is 0.289 e. The monoisotopic (exact) mass is 428 g/mol. The van der Waals surface area contributed by atoms with Crippen LogP contribution in [0.3, 0.4) is 0 Å². The van der Waals surface area contributed by atoms with Crippen molar-refractivity contribution in [2.75, 3.05) is 38.2 Å². The van der Waals surface area contributed by atoms with Crippen molar-refractivity contribution in [3.05, 3.63) is 58.8 Å². The molecule has 2 heterocycles. The number of ether oxygens (including phenoxy) is 1. The van der Waals surface area contributed by atoms with Gasteiger partial charge in [-0.3, -0.25) is 4.79 Å². The number of benzene rings is 2. The number of carbonyl (C=O) groups excluding carboxylic acids is 1. The third-order valence-corrected chi connectivity index (χ3v) is 5.40. The van der Waals surface area contributed by atoms with E-state index in [1.165, 1.54) is 0 Å². The molecule has 5 nitrogen and oxygen atoms in total. The van der Waals surface area contributed by atoms with E-state index < -0.39 is 0 Å². The molecule has 1 amide bonds. The van der Waals surface area contributed by atoms with E-state index in [2.05, 4.69) is 33.0 Å². The Balaban J connectivity index is 1.47. The van der Waals surface area contributed by atoms with Gasteiger partial charge in [0.15, 0.2) is 5.76 Å². The van der Waals surface area contributed by atoms with Gasteiger partial charge in [-0.2, -0.15) is 0 Å². The normalized spacial score (nSPS) is 15.0. The zero-order valence-corrected chi connectivity index (χ0v) is 16.7. The van der Waals surface area contributed by atoms with E-state index in [4.69, 9.17) is 9.15 Å². The number of amides is 1. The molecule has 1 aliphatic rings. The zero-order valence-electron chi connectivity index (χ0n) is 15.2. The Kier molecular flexibility index (Phi) is 5.07. The average Bonchev–Trinajstić information content (AvgIpc) is 2.95. The predicted octanol–water partition coefficient (Wildman–Crippen LogP) is 4.56. The zero-order chi connectivity index (χ0) is 18.8. The second kappa shape index (κ2) is 7.64. The number of nitrogens with zero attached hydrogens (tertiary/aromatic N) is 2. The Labute approximate surface area is 166 Å². The van der Waals surface area contributed by atoms with Crippen LogP contribution in [0.1, 0.15) is 17.0 Å². The molecular formula is C21H21BrN2O3.